The molecule has 4 heterocycles. The van der Waals surface area contributed by atoms with Gasteiger partial charge in [-0.3, -0.25) is 19.2 Å². The number of phenols is 1. The van der Waals surface area contributed by atoms with Crippen LogP contribution < -0.4 is 20.2 Å². The van der Waals surface area contributed by atoms with Crippen LogP contribution >= 0.6 is 0 Å². The van der Waals surface area contributed by atoms with Gasteiger partial charge in [-0.15, -0.1) is 0 Å². The lowest BCUT2D eigenvalue weighted by molar-refractivity contribution is -0.940. The molecule has 5 aliphatic rings. The van der Waals surface area contributed by atoms with E-state index in [9.17, 15) is 29.4 Å². The van der Waals surface area contributed by atoms with E-state index in [1.165, 1.54) is 34.1 Å². The molecule has 1 amide bonds. The lowest BCUT2D eigenvalue weighted by Gasteiger charge is -2.39. The molecule has 1 aliphatic carbocycles. The maximum absolute atomic E-state index is 14.9. The Labute approximate surface area is 398 Å². The number of aromatic hydroxyl groups is 1. The number of methoxy groups -OCH3 is 1. The van der Waals surface area contributed by atoms with E-state index < -0.39 is 58.9 Å². The first-order valence-electron chi connectivity index (χ1n) is 23.7. The molecule has 366 valence electrons. The number of nitrogens with one attached hydrogen (secondary N) is 1. The maximum Gasteiger partial charge on any atom is 0.312 e. The van der Waals surface area contributed by atoms with Crippen molar-refractivity contribution in [2.75, 3.05) is 32.6 Å². The topological polar surface area (TPSA) is 193 Å². The fourth-order valence-electron chi connectivity index (χ4n) is 10.4. The Morgan fingerprint density at radius 2 is 1.75 bits per heavy atom. The number of aromatic nitrogens is 1. The molecule has 0 saturated carbocycles. The number of quaternary nitrogens is 1. The number of likely N-dealkylation sites (tertiary alicyclic amines) is 1. The fraction of sp³-hybridized carbons (Fsp3) is 0.528. The van der Waals surface area contributed by atoms with Crippen LogP contribution in [0.2, 0.25) is 0 Å². The van der Waals surface area contributed by atoms with Gasteiger partial charge in [0, 0.05) is 68.2 Å². The molecule has 2 aromatic carbocycles. The third kappa shape index (κ3) is 9.00. The molecule has 1 fully saturated rings. The Hall–Kier alpha value is -5.77. The van der Waals surface area contributed by atoms with E-state index >= 15 is 0 Å². The van der Waals surface area contributed by atoms with Crippen LogP contribution in [0.4, 0.5) is 5.69 Å². The number of anilines is 1. The summed E-state index contributed by atoms with van der Waals surface area (Å²) in [6.07, 6.45) is 7.94. The number of hydrogen-bond acceptors (Lipinski definition) is 13. The molecule has 4 aliphatic heterocycles. The lowest BCUT2D eigenvalue weighted by atomic mass is 9.73. The van der Waals surface area contributed by atoms with Crippen LogP contribution in [0.1, 0.15) is 98.0 Å². The van der Waals surface area contributed by atoms with E-state index in [2.05, 4.69) is 26.2 Å². The van der Waals surface area contributed by atoms with Gasteiger partial charge in [0.2, 0.25) is 5.43 Å². The van der Waals surface area contributed by atoms with Gasteiger partial charge in [0.1, 0.15) is 52.9 Å². The average Bonchev–Trinajstić information content (AvgIpc) is 3.82. The molecule has 2 aromatic rings. The number of aliphatic hydroxyl groups excluding tert-OH is 1. The number of amides is 1. The number of ketones is 1. The summed E-state index contributed by atoms with van der Waals surface area (Å²) in [5.74, 6) is -5.34. The number of nitrogens with zero attached hydrogens (tertiary/aromatic N) is 2. The van der Waals surface area contributed by atoms with Crippen LogP contribution in [0.25, 0.3) is 33.3 Å². The number of likely N-dealkylation sites (N-methyl/N-ethyl adjacent to an activating group) is 1. The van der Waals surface area contributed by atoms with Crippen LogP contribution in [-0.4, -0.2) is 101 Å². The van der Waals surface area contributed by atoms with E-state index in [1.54, 1.807) is 49.4 Å². The van der Waals surface area contributed by atoms with Gasteiger partial charge in [-0.1, -0.05) is 52.8 Å². The van der Waals surface area contributed by atoms with Gasteiger partial charge in [-0.2, -0.15) is 0 Å². The Bertz CT molecular complexity index is 2740. The molecule has 15 heteroatoms. The SMILES string of the molecule is CO[C@H]1/C=C/O[C@@]2(C)Oc3c(C)c(O)c4c(=O)c(c5oc6cc(OCC7CCC[N+]7(C)C(C)C)ccc6nc-5c4c3C2=O)NC(=O)/C(C)=C\C=C\[C@H](C)[C@H](O)[C@@H](C)[C@@H](C)[C@@H](C)[C@H](OC(C)=O)[C@@H]1C. The van der Waals surface area contributed by atoms with Crippen molar-refractivity contribution in [2.45, 2.75) is 125 Å². The highest BCUT2D eigenvalue weighted by atomic mass is 16.7. The standard InChI is InChI=1S/C53H67N3O12/c1-26(2)56(12)22-15-18-35(56)25-64-36-19-20-37-39(24-36)67-50-43(54-37)40-41-46(59)33(9)49-42(40)51(61)53(11,68-49)65-23-21-38(63-13)32(8)48(66-34(10)57)31(7)29(5)30(6)45(58)27(3)16-14-17-28(4)52(62)55-44(50)47(41)60/h14,16-17,19-21,23-24,26-27,29-32,35,38,45,48,58H,15,18,22,25H2,1-13H3,(H-,54,55,59,60,61,62)/p+1/b16-14+,23-21+,28-17-/t27-,29+,30-,31+,32+,35?,38-,45-,48-,53-,56?/m0/s1. The summed E-state index contributed by atoms with van der Waals surface area (Å²) < 4.78 is 38.2. The lowest BCUT2D eigenvalue weighted by Crippen LogP contribution is -2.55. The van der Waals surface area contributed by atoms with Crippen molar-refractivity contribution in [1.82, 2.24) is 4.98 Å². The van der Waals surface area contributed by atoms with Gasteiger partial charge in [-0.05, 0) is 63.7 Å². The Kier molecular flexibility index (Phi) is 14.2. The predicted octanol–water partition coefficient (Wildman–Crippen LogP) is 8.62. The normalized spacial score (nSPS) is 32.2. The smallest absolute Gasteiger partial charge is 0.312 e. The largest absolute Gasteiger partial charge is 0.507 e. The monoisotopic (exact) mass is 938 g/mol. The Morgan fingerprint density at radius 3 is 2.43 bits per heavy atom. The van der Waals surface area contributed by atoms with Crippen molar-refractivity contribution < 1.29 is 57.2 Å². The summed E-state index contributed by atoms with van der Waals surface area (Å²) in [5, 5.41) is 25.9. The minimum atomic E-state index is -2.00. The van der Waals surface area contributed by atoms with Crippen LogP contribution in [0, 0.1) is 36.5 Å². The number of aliphatic hydroxyl groups is 1. The number of fused-ring (bicyclic) bond motifs is 2. The molecule has 3 N–H and O–H groups in total. The molecular formula is C53H68N3O12+. The Morgan fingerprint density at radius 1 is 1.03 bits per heavy atom. The zero-order chi connectivity index (χ0) is 49.7. The van der Waals surface area contributed by atoms with Crippen LogP contribution in [-0.2, 0) is 23.8 Å². The van der Waals surface area contributed by atoms with Crippen molar-refractivity contribution in [3.63, 3.8) is 0 Å². The zero-order valence-corrected chi connectivity index (χ0v) is 41.6. The van der Waals surface area contributed by atoms with E-state index in [1.807, 2.05) is 34.6 Å². The number of ether oxygens (including phenoxy) is 5. The molecule has 7 rings (SSSR count). The summed E-state index contributed by atoms with van der Waals surface area (Å²) >= 11 is 0. The highest BCUT2D eigenvalue weighted by molar-refractivity contribution is 6.22. The predicted molar refractivity (Wildman–Crippen MR) is 259 cm³/mol. The number of esters is 1. The minimum Gasteiger partial charge on any atom is -0.507 e. The third-order valence-electron chi connectivity index (χ3n) is 15.5. The van der Waals surface area contributed by atoms with Gasteiger partial charge in [0.25, 0.3) is 11.7 Å². The van der Waals surface area contributed by atoms with Crippen molar-refractivity contribution in [3.05, 3.63) is 75.7 Å². The molecule has 1 saturated heterocycles. The quantitative estimate of drug-likeness (QED) is 0.0721. The number of carbonyl (C=O) groups excluding carboxylic acids is 3. The number of carbonyl (C=O) groups is 3. The van der Waals surface area contributed by atoms with E-state index in [-0.39, 0.29) is 79.6 Å². The number of rotatable bonds is 6. The average molecular weight is 939 g/mol. The molecule has 11 atom stereocenters. The first-order chi connectivity index (χ1) is 32.0. The maximum atomic E-state index is 14.9. The Balaban J connectivity index is 1.40. The van der Waals surface area contributed by atoms with Gasteiger partial charge in [-0.25, -0.2) is 4.98 Å². The number of allylic oxidation sites excluding steroid dienone is 2. The number of benzene rings is 3. The summed E-state index contributed by atoms with van der Waals surface area (Å²) in [5.41, 5.74) is -0.262. The minimum absolute atomic E-state index is 0.0105. The van der Waals surface area contributed by atoms with E-state index in [0.29, 0.717) is 30.0 Å². The van der Waals surface area contributed by atoms with Gasteiger partial charge < -0.3 is 48.1 Å². The summed E-state index contributed by atoms with van der Waals surface area (Å²) in [6, 6.07) is 5.91. The van der Waals surface area contributed by atoms with Crippen molar-refractivity contribution >= 4 is 45.2 Å². The van der Waals surface area contributed by atoms with Gasteiger partial charge >= 0.3 is 11.8 Å². The number of hydrogen-bond donors (Lipinski definition) is 3. The molecule has 2 unspecified atom stereocenters. The molecule has 0 spiro atoms. The molecular weight excluding hydrogens is 871 g/mol. The molecule has 68 heavy (non-hydrogen) atoms. The second-order valence-electron chi connectivity index (χ2n) is 20.0. The molecule has 0 aromatic heterocycles. The van der Waals surface area contributed by atoms with Crippen molar-refractivity contribution in [3.8, 4) is 28.7 Å². The van der Waals surface area contributed by atoms with Crippen molar-refractivity contribution in [2.24, 2.45) is 29.6 Å². The second-order valence-corrected chi connectivity index (χ2v) is 20.0. The van der Waals surface area contributed by atoms with Gasteiger partial charge in [0.05, 0.1) is 49.1 Å². The summed E-state index contributed by atoms with van der Waals surface area (Å²) in [7, 11) is 3.77. The highest BCUT2D eigenvalue weighted by Crippen LogP contribution is 2.50. The number of phenolic OH excluding ortho intramolecular Hbond substituents is 1. The van der Waals surface area contributed by atoms with E-state index in [0.717, 1.165) is 23.9 Å². The summed E-state index contributed by atoms with van der Waals surface area (Å²) in [6.45, 7) is 21.6. The zero-order valence-electron chi connectivity index (χ0n) is 41.6. The highest BCUT2D eigenvalue weighted by Gasteiger charge is 2.50. The van der Waals surface area contributed by atoms with E-state index in [4.69, 9.17) is 33.1 Å². The van der Waals surface area contributed by atoms with Crippen LogP contribution in [0.5, 0.6) is 17.2 Å². The van der Waals surface area contributed by atoms with Crippen LogP contribution in [0.3, 0.4) is 0 Å². The summed E-state index contributed by atoms with van der Waals surface area (Å²) in [4.78, 5) is 61.3. The third-order valence-corrected chi connectivity index (χ3v) is 15.5. The number of Topliss-reactive ketones (excluding diaryl/α,β-unsaturated/α-hetero) is 1. The molecule has 4 bridgehead atoms. The van der Waals surface area contributed by atoms with Crippen molar-refractivity contribution in [1.29, 1.82) is 0 Å². The first-order valence-corrected chi connectivity index (χ1v) is 23.7. The molecule has 15 nitrogen and oxygen atoms in total. The molecule has 0 radical (unpaired) electrons. The second kappa shape index (κ2) is 19.3. The fourth-order valence-corrected chi connectivity index (χ4v) is 10.4. The van der Waals surface area contributed by atoms with Gasteiger partial charge in [0.15, 0.2) is 11.3 Å². The first kappa shape index (κ1) is 50.1. The van der Waals surface area contributed by atoms with Crippen LogP contribution in [0.15, 0.2) is 63.6 Å².